The summed E-state index contributed by atoms with van der Waals surface area (Å²) in [5.41, 5.74) is 0.422. The van der Waals surface area contributed by atoms with Crippen molar-refractivity contribution < 1.29 is 13.2 Å². The molecule has 1 aromatic heterocycles. The van der Waals surface area contributed by atoms with Crippen molar-refractivity contribution in [3.05, 3.63) is 47.8 Å². The summed E-state index contributed by atoms with van der Waals surface area (Å²) >= 11 is 0. The summed E-state index contributed by atoms with van der Waals surface area (Å²) in [4.78, 5) is 5.27. The molecule has 1 N–H and O–H groups in total. The fraction of sp³-hybridized carbons (Fsp3) is 0.214. The van der Waals surface area contributed by atoms with Crippen LogP contribution in [-0.4, -0.2) is 18.6 Å². The van der Waals surface area contributed by atoms with E-state index in [1.807, 2.05) is 0 Å². The second kappa shape index (κ2) is 5.81. The predicted molar refractivity (Wildman–Crippen MR) is 72.8 cm³/mol. The molecule has 0 radical (unpaired) electrons. The summed E-state index contributed by atoms with van der Waals surface area (Å²) in [7, 11) is 1.54. The van der Waals surface area contributed by atoms with E-state index >= 15 is 0 Å². The predicted octanol–water partition coefficient (Wildman–Crippen LogP) is 3.70. The molecule has 0 aliphatic heterocycles. The number of rotatable bonds is 4. The molecule has 0 aliphatic rings. The Balaban J connectivity index is 2.43. The van der Waals surface area contributed by atoms with Gasteiger partial charge in [0.15, 0.2) is 23.3 Å². The number of benzene rings is 1. The van der Waals surface area contributed by atoms with Crippen molar-refractivity contribution in [2.45, 2.75) is 6.92 Å². The number of hydrogen-bond acceptors (Lipinski definition) is 3. The van der Waals surface area contributed by atoms with E-state index in [0.29, 0.717) is 12.2 Å². The zero-order valence-corrected chi connectivity index (χ0v) is 11.1. The highest BCUT2D eigenvalue weighted by atomic mass is 19.1. The first-order valence-electron chi connectivity index (χ1n) is 6.12. The minimum absolute atomic E-state index is 0.0350. The van der Waals surface area contributed by atoms with Gasteiger partial charge in [-0.3, -0.25) is 0 Å². The topological polar surface area (TPSA) is 28.2 Å². The smallest absolute Gasteiger partial charge is 0.171 e. The highest BCUT2D eigenvalue weighted by Crippen LogP contribution is 2.27. The molecule has 0 unspecified atom stereocenters. The SMILES string of the molecule is CCNc1nc(N(C)c2cccc(F)c2)c(F)cc1F. The maximum absolute atomic E-state index is 13.8. The van der Waals surface area contributed by atoms with E-state index in [9.17, 15) is 13.2 Å². The zero-order valence-electron chi connectivity index (χ0n) is 11.1. The Hall–Kier alpha value is -2.24. The van der Waals surface area contributed by atoms with Crippen LogP contribution in [0.4, 0.5) is 30.5 Å². The van der Waals surface area contributed by atoms with Crippen LogP contribution in [0.2, 0.25) is 0 Å². The van der Waals surface area contributed by atoms with Crippen molar-refractivity contribution in [2.75, 3.05) is 23.8 Å². The third-order valence-electron chi connectivity index (χ3n) is 2.77. The average Bonchev–Trinajstić information content (AvgIpc) is 2.41. The molecule has 0 aliphatic carbocycles. The van der Waals surface area contributed by atoms with Crippen LogP contribution in [-0.2, 0) is 0 Å². The molecule has 0 fully saturated rings. The van der Waals surface area contributed by atoms with Gasteiger partial charge in [-0.1, -0.05) is 6.07 Å². The molecule has 0 saturated carbocycles. The van der Waals surface area contributed by atoms with Crippen LogP contribution in [0.5, 0.6) is 0 Å². The van der Waals surface area contributed by atoms with Crippen LogP contribution in [0.15, 0.2) is 30.3 Å². The van der Waals surface area contributed by atoms with Crippen LogP contribution in [0.25, 0.3) is 0 Å². The van der Waals surface area contributed by atoms with Crippen molar-refractivity contribution in [3.63, 3.8) is 0 Å². The monoisotopic (exact) mass is 281 g/mol. The molecular weight excluding hydrogens is 267 g/mol. The molecule has 2 aromatic rings. The van der Waals surface area contributed by atoms with Gasteiger partial charge in [0, 0.05) is 25.3 Å². The Kier molecular flexibility index (Phi) is 4.12. The van der Waals surface area contributed by atoms with Crippen molar-refractivity contribution >= 4 is 17.3 Å². The van der Waals surface area contributed by atoms with Crippen molar-refractivity contribution in [1.29, 1.82) is 0 Å². The highest BCUT2D eigenvalue weighted by Gasteiger charge is 2.16. The average molecular weight is 281 g/mol. The molecule has 1 heterocycles. The van der Waals surface area contributed by atoms with Gasteiger partial charge in [-0.25, -0.2) is 18.2 Å². The van der Waals surface area contributed by atoms with E-state index in [0.717, 1.165) is 6.07 Å². The van der Waals surface area contributed by atoms with Crippen molar-refractivity contribution in [3.8, 4) is 0 Å². The lowest BCUT2D eigenvalue weighted by atomic mass is 10.2. The molecule has 2 rings (SSSR count). The Morgan fingerprint density at radius 2 is 1.90 bits per heavy atom. The molecule has 106 valence electrons. The Bertz CT molecular complexity index is 617. The Morgan fingerprint density at radius 1 is 1.15 bits per heavy atom. The Labute approximate surface area is 115 Å². The lowest BCUT2D eigenvalue weighted by molar-refractivity contribution is 0.576. The van der Waals surface area contributed by atoms with E-state index in [2.05, 4.69) is 10.3 Å². The molecule has 0 atom stereocenters. The third kappa shape index (κ3) is 2.84. The largest absolute Gasteiger partial charge is 0.368 e. The fourth-order valence-corrected chi connectivity index (χ4v) is 1.79. The van der Waals surface area contributed by atoms with Gasteiger partial charge in [0.25, 0.3) is 0 Å². The molecule has 0 spiro atoms. The lowest BCUT2D eigenvalue weighted by Gasteiger charge is -2.20. The van der Waals surface area contributed by atoms with Crippen molar-refractivity contribution in [1.82, 2.24) is 4.98 Å². The van der Waals surface area contributed by atoms with E-state index in [-0.39, 0.29) is 11.6 Å². The number of nitrogens with one attached hydrogen (secondary N) is 1. The molecule has 6 heteroatoms. The van der Waals surface area contributed by atoms with E-state index in [1.54, 1.807) is 13.0 Å². The molecule has 3 nitrogen and oxygen atoms in total. The zero-order chi connectivity index (χ0) is 14.7. The number of hydrogen-bond donors (Lipinski definition) is 1. The number of nitrogens with zero attached hydrogens (tertiary/aromatic N) is 2. The summed E-state index contributed by atoms with van der Waals surface area (Å²) in [6.45, 7) is 2.24. The third-order valence-corrected chi connectivity index (χ3v) is 2.77. The van der Waals surface area contributed by atoms with Gasteiger partial charge in [0.2, 0.25) is 0 Å². The lowest BCUT2D eigenvalue weighted by Crippen LogP contribution is -2.15. The highest BCUT2D eigenvalue weighted by molar-refractivity contribution is 5.61. The van der Waals surface area contributed by atoms with Gasteiger partial charge < -0.3 is 10.2 Å². The van der Waals surface area contributed by atoms with Crippen LogP contribution >= 0.6 is 0 Å². The quantitative estimate of drug-likeness (QED) is 0.926. The Morgan fingerprint density at radius 3 is 2.55 bits per heavy atom. The standard InChI is InChI=1S/C14H14F3N3/c1-3-18-13-11(16)8-12(17)14(19-13)20(2)10-6-4-5-9(15)7-10/h4-8H,3H2,1-2H3,(H,18,19). The maximum atomic E-state index is 13.8. The van der Waals surface area contributed by atoms with Crippen molar-refractivity contribution in [2.24, 2.45) is 0 Å². The molecule has 1 aromatic carbocycles. The molecular formula is C14H14F3N3. The maximum Gasteiger partial charge on any atom is 0.171 e. The number of pyridine rings is 1. The van der Waals surface area contributed by atoms with Gasteiger partial charge in [0.05, 0.1) is 0 Å². The minimum Gasteiger partial charge on any atom is -0.368 e. The first kappa shape index (κ1) is 14.2. The van der Waals surface area contributed by atoms with Gasteiger partial charge in [-0.15, -0.1) is 0 Å². The molecule has 20 heavy (non-hydrogen) atoms. The van der Waals surface area contributed by atoms with E-state index < -0.39 is 17.5 Å². The summed E-state index contributed by atoms with van der Waals surface area (Å²) in [6.07, 6.45) is 0. The first-order chi connectivity index (χ1) is 9.52. The van der Waals surface area contributed by atoms with Crippen LogP contribution < -0.4 is 10.2 Å². The van der Waals surface area contributed by atoms with Crippen LogP contribution in [0.1, 0.15) is 6.92 Å². The molecule has 0 saturated heterocycles. The normalized spacial score (nSPS) is 10.4. The second-order valence-corrected chi connectivity index (χ2v) is 4.19. The molecule has 0 bridgehead atoms. The van der Waals surface area contributed by atoms with E-state index in [1.165, 1.54) is 30.1 Å². The second-order valence-electron chi connectivity index (χ2n) is 4.19. The van der Waals surface area contributed by atoms with Crippen LogP contribution in [0, 0.1) is 17.5 Å². The number of halogens is 3. The summed E-state index contributed by atoms with van der Waals surface area (Å²) in [6, 6.07) is 6.41. The van der Waals surface area contributed by atoms with Gasteiger partial charge >= 0.3 is 0 Å². The van der Waals surface area contributed by atoms with Gasteiger partial charge in [-0.05, 0) is 25.1 Å². The van der Waals surface area contributed by atoms with Gasteiger partial charge in [-0.2, -0.15) is 0 Å². The first-order valence-corrected chi connectivity index (χ1v) is 6.12. The minimum atomic E-state index is -0.809. The fourth-order valence-electron chi connectivity index (χ4n) is 1.79. The summed E-state index contributed by atoms with van der Waals surface area (Å²) in [5.74, 6) is -2.12. The van der Waals surface area contributed by atoms with Crippen LogP contribution in [0.3, 0.4) is 0 Å². The summed E-state index contributed by atoms with van der Waals surface area (Å²) in [5, 5.41) is 2.71. The molecule has 0 amide bonds. The number of aromatic nitrogens is 1. The summed E-state index contributed by atoms with van der Waals surface area (Å²) < 4.78 is 40.5. The van der Waals surface area contributed by atoms with Gasteiger partial charge in [0.1, 0.15) is 5.82 Å². The van der Waals surface area contributed by atoms with E-state index in [4.69, 9.17) is 0 Å². The number of anilines is 3.